The summed E-state index contributed by atoms with van der Waals surface area (Å²) in [6.07, 6.45) is 5.72. The lowest BCUT2D eigenvalue weighted by atomic mass is 9.79. The maximum atomic E-state index is 13.8. The van der Waals surface area contributed by atoms with E-state index in [-0.39, 0.29) is 41.4 Å². The van der Waals surface area contributed by atoms with Gasteiger partial charge >= 0.3 is 12.4 Å². The molecule has 0 heterocycles. The van der Waals surface area contributed by atoms with Crippen molar-refractivity contribution in [2.75, 3.05) is 11.5 Å². The Morgan fingerprint density at radius 3 is 1.61 bits per heavy atom. The molecule has 0 amide bonds. The summed E-state index contributed by atoms with van der Waals surface area (Å²) in [5, 5.41) is 17.1. The van der Waals surface area contributed by atoms with Crippen LogP contribution in [0.3, 0.4) is 0 Å². The number of allylic oxidation sites excluding steroid dienone is 2. The fourth-order valence-corrected chi connectivity index (χ4v) is 6.39. The average molecular weight is 631 g/mol. The van der Waals surface area contributed by atoms with E-state index in [4.69, 9.17) is 43.2 Å². The zero-order valence-electron chi connectivity index (χ0n) is 21.8. The highest BCUT2D eigenvalue weighted by Gasteiger charge is 2.37. The summed E-state index contributed by atoms with van der Waals surface area (Å²) in [6, 6.07) is 4.13. The first-order chi connectivity index (χ1) is 19.3. The summed E-state index contributed by atoms with van der Waals surface area (Å²) < 4.78 is 85.9. The van der Waals surface area contributed by atoms with Crippen molar-refractivity contribution in [3.8, 4) is 36.8 Å². The Morgan fingerprint density at radius 2 is 1.29 bits per heavy atom. The van der Waals surface area contributed by atoms with Crippen molar-refractivity contribution in [2.24, 2.45) is 11.8 Å². The van der Waals surface area contributed by atoms with E-state index in [0.29, 0.717) is 19.3 Å². The van der Waals surface area contributed by atoms with Crippen LogP contribution < -0.4 is 0 Å². The largest absolute Gasteiger partial charge is 0.389 e. The molecule has 2 aliphatic rings. The number of hydrogen-bond acceptors (Lipinski definition) is 8. The fraction of sp³-hybridized carbons (Fsp3) is 0.692. The van der Waals surface area contributed by atoms with Gasteiger partial charge in [-0.2, -0.15) is 36.9 Å². The Labute approximate surface area is 242 Å². The van der Waals surface area contributed by atoms with Crippen molar-refractivity contribution in [3.05, 3.63) is 31.5 Å². The van der Waals surface area contributed by atoms with Crippen LogP contribution in [0, 0.1) is 79.0 Å². The molecule has 0 saturated heterocycles. The Morgan fingerprint density at radius 1 is 0.854 bits per heavy atom. The molecular formula is C26H29F7N2O4S2. The van der Waals surface area contributed by atoms with Crippen LogP contribution in [0.15, 0.2) is 11.6 Å². The van der Waals surface area contributed by atoms with Crippen molar-refractivity contribution in [1.82, 2.24) is 0 Å². The number of alkyl halides is 7. The van der Waals surface area contributed by atoms with E-state index in [0.717, 1.165) is 41.9 Å². The molecule has 228 valence electrons. The van der Waals surface area contributed by atoms with Gasteiger partial charge in [-0.3, -0.25) is 0 Å². The van der Waals surface area contributed by atoms with E-state index in [1.807, 2.05) is 12.1 Å². The molecule has 0 aliphatic heterocycles. The average Bonchev–Trinajstić information content (AvgIpc) is 2.96. The summed E-state index contributed by atoms with van der Waals surface area (Å²) in [7, 11) is 0. The quantitative estimate of drug-likeness (QED) is 0.195. The lowest BCUT2D eigenvalue weighted by Crippen LogP contribution is -2.31. The maximum absolute atomic E-state index is 13.8. The number of hydrogen-bond donors (Lipinski definition) is 0. The lowest BCUT2D eigenvalue weighted by molar-refractivity contribution is -0.130. The van der Waals surface area contributed by atoms with E-state index >= 15 is 0 Å². The van der Waals surface area contributed by atoms with Gasteiger partial charge in [0.1, 0.15) is 0 Å². The minimum absolute atomic E-state index is 0.0516. The molecule has 0 bridgehead atoms. The second-order valence-electron chi connectivity index (χ2n) is 8.93. The van der Waals surface area contributed by atoms with Crippen LogP contribution in [-0.4, -0.2) is 40.0 Å². The molecule has 2 aliphatic carbocycles. The Balaban J connectivity index is 0. The van der Waals surface area contributed by atoms with E-state index in [9.17, 15) is 30.7 Å². The Hall–Kier alpha value is -2.75. The zero-order valence-corrected chi connectivity index (χ0v) is 23.4. The normalized spacial score (nSPS) is 23.2. The molecule has 3 unspecified atom stereocenters. The third-order valence-electron chi connectivity index (χ3n) is 6.20. The molecule has 3 atom stereocenters. The molecule has 0 spiro atoms. The number of rotatable bonds is 8. The van der Waals surface area contributed by atoms with Gasteiger partial charge < -0.3 is 0 Å². The molecule has 0 N–H and O–H groups in total. The lowest BCUT2D eigenvalue weighted by Gasteiger charge is -2.32. The number of terminal acetylenes is 2. The third kappa shape index (κ3) is 18.3. The van der Waals surface area contributed by atoms with Crippen molar-refractivity contribution in [1.29, 1.82) is 10.5 Å². The Kier molecular flexibility index (Phi) is 20.7. The number of halogens is 7. The summed E-state index contributed by atoms with van der Waals surface area (Å²) in [4.78, 5) is 28.0. The minimum atomic E-state index is -4.20. The molecule has 6 nitrogen and oxygen atoms in total. The summed E-state index contributed by atoms with van der Waals surface area (Å²) in [5.41, 5.74) is -0.670. The molecule has 1 saturated carbocycles. The van der Waals surface area contributed by atoms with E-state index < -0.39 is 36.1 Å². The first kappa shape index (κ1) is 40.4. The van der Waals surface area contributed by atoms with Crippen LogP contribution in [0.1, 0.15) is 57.8 Å². The molecule has 41 heavy (non-hydrogen) atoms. The van der Waals surface area contributed by atoms with Gasteiger partial charge in [0.05, 0.1) is 35.5 Å². The summed E-state index contributed by atoms with van der Waals surface area (Å²) in [5.74, 6) is 4.55. The molecule has 0 aromatic carbocycles. The second kappa shape index (κ2) is 21.0. The first-order valence-corrected chi connectivity index (χ1v) is 14.2. The predicted molar refractivity (Wildman–Crippen MR) is 147 cm³/mol. The van der Waals surface area contributed by atoms with Crippen LogP contribution in [0.25, 0.3) is 0 Å². The zero-order chi connectivity index (χ0) is 32.1. The highest BCUT2D eigenvalue weighted by molar-refractivity contribution is 8.00. The number of thioether (sulfide) groups is 2. The van der Waals surface area contributed by atoms with Gasteiger partial charge in [-0.25, -0.2) is 4.39 Å². The summed E-state index contributed by atoms with van der Waals surface area (Å²) in [6.45, 7) is 0. The van der Waals surface area contributed by atoms with E-state index in [1.165, 1.54) is 0 Å². The molecular weight excluding hydrogens is 601 g/mol. The van der Waals surface area contributed by atoms with Crippen molar-refractivity contribution in [3.63, 3.8) is 0 Å². The van der Waals surface area contributed by atoms with Crippen LogP contribution in [0.4, 0.5) is 30.7 Å². The van der Waals surface area contributed by atoms with Gasteiger partial charge in [0.25, 0.3) is 0 Å². The van der Waals surface area contributed by atoms with E-state index in [1.54, 1.807) is 0 Å². The van der Waals surface area contributed by atoms with Gasteiger partial charge in [0.2, 0.25) is 0 Å². The maximum Gasteiger partial charge on any atom is 0.389 e. The SMILES string of the molecule is C#CC1(F)CCC(C(C#N)SCCC(F)(F)F)CC1.C#CC1=CCC(C(C#N)SCCC(F)(F)F)CC1.O=O.O=O. The van der Waals surface area contributed by atoms with Gasteiger partial charge in [-0.1, -0.05) is 17.9 Å². The topological polar surface area (TPSA) is 116 Å². The van der Waals surface area contributed by atoms with E-state index in [2.05, 4.69) is 17.9 Å². The van der Waals surface area contributed by atoms with Crippen LogP contribution in [0.2, 0.25) is 0 Å². The highest BCUT2D eigenvalue weighted by atomic mass is 32.2. The minimum Gasteiger partial charge on any atom is -0.230 e. The Bertz CT molecular complexity index is 956. The summed E-state index contributed by atoms with van der Waals surface area (Å²) >= 11 is 2.11. The van der Waals surface area contributed by atoms with Gasteiger partial charge in [-0.15, -0.1) is 36.4 Å². The smallest absolute Gasteiger partial charge is 0.230 e. The third-order valence-corrected chi connectivity index (χ3v) is 8.77. The van der Waals surface area contributed by atoms with Gasteiger partial charge in [0, 0.05) is 31.4 Å². The van der Waals surface area contributed by atoms with Crippen LogP contribution in [0.5, 0.6) is 0 Å². The van der Waals surface area contributed by atoms with Crippen molar-refractivity contribution < 1.29 is 30.7 Å². The molecule has 1 fully saturated rings. The number of nitrogens with zero attached hydrogens (tertiary/aromatic N) is 2. The van der Waals surface area contributed by atoms with Crippen molar-refractivity contribution >= 4 is 23.5 Å². The fourth-order valence-electron chi connectivity index (χ4n) is 3.97. The van der Waals surface area contributed by atoms with Crippen molar-refractivity contribution in [2.45, 2.75) is 86.3 Å². The first-order valence-electron chi connectivity index (χ1n) is 12.1. The van der Waals surface area contributed by atoms with Crippen LogP contribution in [-0.2, 0) is 0 Å². The predicted octanol–water partition coefficient (Wildman–Crippen LogP) is 8.15. The second-order valence-corrected chi connectivity index (χ2v) is 11.4. The molecule has 0 radical (unpaired) electrons. The van der Waals surface area contributed by atoms with Gasteiger partial charge in [-0.05, 0) is 62.4 Å². The highest BCUT2D eigenvalue weighted by Crippen LogP contribution is 2.39. The standard InChI is InChI=1S/C13H15F4NS.C13H14F3NS.2O2/c1-2-12(14)5-3-10(4-6-12)11(9-18)19-8-7-13(15,16)17;1-2-10-3-5-11(6-4-10)12(9-17)18-8-7-13(14,15)16;2*1-2/h1,10-11H,3-8H2;1,3,11-12H,4-8H2;;. The van der Waals surface area contributed by atoms with Gasteiger partial charge in [0.15, 0.2) is 5.67 Å². The molecule has 0 aromatic rings. The molecule has 2 rings (SSSR count). The number of nitriles is 2. The molecule has 0 aromatic heterocycles. The molecule has 15 heteroatoms. The van der Waals surface area contributed by atoms with Crippen LogP contribution >= 0.6 is 23.5 Å². The monoisotopic (exact) mass is 630 g/mol.